The van der Waals surface area contributed by atoms with Crippen molar-refractivity contribution in [2.75, 3.05) is 5.73 Å². The normalized spacial score (nSPS) is 11.1. The number of nitrogens with two attached hydrogens (primary N) is 1. The summed E-state index contributed by atoms with van der Waals surface area (Å²) >= 11 is 0. The summed E-state index contributed by atoms with van der Waals surface area (Å²) in [5.74, 6) is 0. The molecule has 0 saturated carbocycles. The maximum atomic E-state index is 12.7. The quantitative estimate of drug-likeness (QED) is 0.794. The molecule has 0 radical (unpaired) electrons. The highest BCUT2D eigenvalue weighted by atomic mass is 19.4. The van der Waals surface area contributed by atoms with E-state index in [1.165, 1.54) is 6.07 Å². The minimum absolute atomic E-state index is 0.0263. The Kier molecular flexibility index (Phi) is 3.17. The van der Waals surface area contributed by atoms with Crippen LogP contribution < -0.4 is 5.73 Å². The molecule has 0 aromatic heterocycles. The lowest BCUT2D eigenvalue weighted by Crippen LogP contribution is -2.05. The standard InChI is InChI=1S/C14H9F3N2/c15-14(16,17)12-6-9(8-18)5-11(7-12)10-1-3-13(19)4-2-10/h1-7H,19H2. The highest BCUT2D eigenvalue weighted by molar-refractivity contribution is 5.68. The Morgan fingerprint density at radius 2 is 1.58 bits per heavy atom. The molecule has 0 aliphatic rings. The van der Waals surface area contributed by atoms with Gasteiger partial charge < -0.3 is 5.73 Å². The van der Waals surface area contributed by atoms with Gasteiger partial charge in [0.2, 0.25) is 0 Å². The zero-order chi connectivity index (χ0) is 14.0. The Morgan fingerprint density at radius 3 is 2.11 bits per heavy atom. The van der Waals surface area contributed by atoms with Gasteiger partial charge in [-0.25, -0.2) is 0 Å². The molecule has 0 spiro atoms. The molecule has 0 unspecified atom stereocenters. The van der Waals surface area contributed by atoms with Crippen LogP contribution in [0.1, 0.15) is 11.1 Å². The van der Waals surface area contributed by atoms with E-state index in [2.05, 4.69) is 0 Å². The van der Waals surface area contributed by atoms with E-state index in [0.29, 0.717) is 16.8 Å². The molecule has 0 heterocycles. The lowest BCUT2D eigenvalue weighted by atomic mass is 10.00. The highest BCUT2D eigenvalue weighted by Crippen LogP contribution is 2.33. The van der Waals surface area contributed by atoms with E-state index >= 15 is 0 Å². The first-order valence-corrected chi connectivity index (χ1v) is 5.38. The fourth-order valence-electron chi connectivity index (χ4n) is 1.70. The summed E-state index contributed by atoms with van der Waals surface area (Å²) in [6, 6.07) is 11.4. The van der Waals surface area contributed by atoms with E-state index in [4.69, 9.17) is 11.0 Å². The predicted octanol–water partition coefficient (Wildman–Crippen LogP) is 3.83. The summed E-state index contributed by atoms with van der Waals surface area (Å²) in [6.07, 6.45) is -4.48. The van der Waals surface area contributed by atoms with Crippen LogP contribution in [0.15, 0.2) is 42.5 Å². The van der Waals surface area contributed by atoms with Gasteiger partial charge in [0, 0.05) is 5.69 Å². The van der Waals surface area contributed by atoms with Crippen LogP contribution in [0.4, 0.5) is 18.9 Å². The first-order chi connectivity index (χ1) is 8.90. The molecular formula is C14H9F3N2. The summed E-state index contributed by atoms with van der Waals surface area (Å²) in [7, 11) is 0. The van der Waals surface area contributed by atoms with Crippen LogP contribution in [0.5, 0.6) is 0 Å². The van der Waals surface area contributed by atoms with Crippen LogP contribution in [0.2, 0.25) is 0 Å². The molecular weight excluding hydrogens is 253 g/mol. The van der Waals surface area contributed by atoms with Crippen molar-refractivity contribution in [2.24, 2.45) is 0 Å². The molecule has 2 N–H and O–H groups in total. The van der Waals surface area contributed by atoms with Crippen LogP contribution >= 0.6 is 0 Å². The molecule has 0 atom stereocenters. The van der Waals surface area contributed by atoms with Gasteiger partial charge in [-0.3, -0.25) is 0 Å². The van der Waals surface area contributed by atoms with Gasteiger partial charge in [0.15, 0.2) is 0 Å². The summed E-state index contributed by atoms with van der Waals surface area (Å²) < 4.78 is 38.2. The lowest BCUT2D eigenvalue weighted by molar-refractivity contribution is -0.137. The molecule has 0 amide bonds. The van der Waals surface area contributed by atoms with E-state index in [9.17, 15) is 13.2 Å². The third-order valence-corrected chi connectivity index (χ3v) is 2.63. The molecule has 0 bridgehead atoms. The first kappa shape index (κ1) is 13.0. The number of alkyl halides is 3. The number of nitrogens with zero attached hydrogens (tertiary/aromatic N) is 1. The number of anilines is 1. The minimum atomic E-state index is -4.48. The molecule has 0 fully saturated rings. The van der Waals surface area contributed by atoms with Crippen molar-refractivity contribution in [1.82, 2.24) is 0 Å². The molecule has 2 aromatic rings. The van der Waals surface area contributed by atoms with Gasteiger partial charge in [-0.15, -0.1) is 0 Å². The summed E-state index contributed by atoms with van der Waals surface area (Å²) in [5.41, 5.74) is 6.11. The Bertz CT molecular complexity index is 637. The predicted molar refractivity (Wildman–Crippen MR) is 66.0 cm³/mol. The number of nitrogen functional groups attached to an aromatic ring is 1. The second-order valence-electron chi connectivity index (χ2n) is 4.03. The van der Waals surface area contributed by atoms with Gasteiger partial charge in [-0.2, -0.15) is 18.4 Å². The number of nitriles is 1. The van der Waals surface area contributed by atoms with E-state index in [-0.39, 0.29) is 5.56 Å². The molecule has 0 aliphatic heterocycles. The molecule has 0 saturated heterocycles. The summed E-state index contributed by atoms with van der Waals surface area (Å²) in [6.45, 7) is 0. The highest BCUT2D eigenvalue weighted by Gasteiger charge is 2.31. The lowest BCUT2D eigenvalue weighted by Gasteiger charge is -2.10. The number of hydrogen-bond acceptors (Lipinski definition) is 2. The molecule has 19 heavy (non-hydrogen) atoms. The third-order valence-electron chi connectivity index (χ3n) is 2.63. The maximum absolute atomic E-state index is 12.7. The number of hydrogen-bond donors (Lipinski definition) is 1. The van der Waals surface area contributed by atoms with Crippen molar-refractivity contribution in [3.63, 3.8) is 0 Å². The second kappa shape index (κ2) is 4.65. The van der Waals surface area contributed by atoms with E-state index in [1.54, 1.807) is 30.3 Å². The van der Waals surface area contributed by atoms with Gasteiger partial charge in [0.05, 0.1) is 17.2 Å². The van der Waals surface area contributed by atoms with Crippen LogP contribution in [0.25, 0.3) is 11.1 Å². The zero-order valence-corrected chi connectivity index (χ0v) is 9.70. The maximum Gasteiger partial charge on any atom is 0.416 e. The Balaban J connectivity index is 2.58. The molecule has 5 heteroatoms. The average molecular weight is 262 g/mol. The van der Waals surface area contributed by atoms with Crippen molar-refractivity contribution in [3.05, 3.63) is 53.6 Å². The smallest absolute Gasteiger partial charge is 0.399 e. The molecule has 2 nitrogen and oxygen atoms in total. The fourth-order valence-corrected chi connectivity index (χ4v) is 1.70. The third kappa shape index (κ3) is 2.86. The topological polar surface area (TPSA) is 49.8 Å². The van der Waals surface area contributed by atoms with Crippen molar-refractivity contribution < 1.29 is 13.2 Å². The molecule has 2 rings (SSSR count). The van der Waals surface area contributed by atoms with Crippen molar-refractivity contribution in [3.8, 4) is 17.2 Å². The van der Waals surface area contributed by atoms with Gasteiger partial charge in [-0.05, 0) is 41.5 Å². The van der Waals surface area contributed by atoms with E-state index in [1.807, 2.05) is 0 Å². The van der Waals surface area contributed by atoms with Gasteiger partial charge in [0.1, 0.15) is 0 Å². The monoisotopic (exact) mass is 262 g/mol. The summed E-state index contributed by atoms with van der Waals surface area (Å²) in [5, 5.41) is 8.81. The molecule has 2 aromatic carbocycles. The second-order valence-corrected chi connectivity index (χ2v) is 4.03. The number of rotatable bonds is 1. The Morgan fingerprint density at radius 1 is 0.947 bits per heavy atom. The molecule has 96 valence electrons. The average Bonchev–Trinajstić information content (AvgIpc) is 2.38. The Labute approximate surface area is 107 Å². The van der Waals surface area contributed by atoms with Crippen molar-refractivity contribution in [2.45, 2.75) is 6.18 Å². The first-order valence-electron chi connectivity index (χ1n) is 5.38. The van der Waals surface area contributed by atoms with Crippen molar-refractivity contribution in [1.29, 1.82) is 5.26 Å². The number of halogens is 3. The van der Waals surface area contributed by atoms with Crippen LogP contribution in [0, 0.1) is 11.3 Å². The van der Waals surface area contributed by atoms with Crippen LogP contribution in [-0.2, 0) is 6.18 Å². The van der Waals surface area contributed by atoms with E-state index in [0.717, 1.165) is 12.1 Å². The Hall–Kier alpha value is -2.48. The van der Waals surface area contributed by atoms with Gasteiger partial charge in [0.25, 0.3) is 0 Å². The fraction of sp³-hybridized carbons (Fsp3) is 0.0714. The number of benzene rings is 2. The summed E-state index contributed by atoms with van der Waals surface area (Å²) in [4.78, 5) is 0. The largest absolute Gasteiger partial charge is 0.416 e. The van der Waals surface area contributed by atoms with Gasteiger partial charge in [-0.1, -0.05) is 12.1 Å². The van der Waals surface area contributed by atoms with Crippen LogP contribution in [-0.4, -0.2) is 0 Å². The van der Waals surface area contributed by atoms with E-state index < -0.39 is 11.7 Å². The van der Waals surface area contributed by atoms with Gasteiger partial charge >= 0.3 is 6.18 Å². The molecule has 0 aliphatic carbocycles. The van der Waals surface area contributed by atoms with Crippen LogP contribution in [0.3, 0.4) is 0 Å². The minimum Gasteiger partial charge on any atom is -0.399 e. The van der Waals surface area contributed by atoms with Crippen molar-refractivity contribution >= 4 is 5.69 Å². The zero-order valence-electron chi connectivity index (χ0n) is 9.70. The SMILES string of the molecule is N#Cc1cc(-c2ccc(N)cc2)cc(C(F)(F)F)c1.